The highest BCUT2D eigenvalue weighted by molar-refractivity contribution is 9.10. The Morgan fingerprint density at radius 2 is 2.04 bits per heavy atom. The first kappa shape index (κ1) is 18.5. The minimum Gasteiger partial charge on any atom is -0.457 e. The number of carbonyl (C=O) groups excluding carboxylic acids is 1. The molecule has 3 rings (SSSR count). The molecule has 4 nitrogen and oxygen atoms in total. The van der Waals surface area contributed by atoms with Crippen LogP contribution in [-0.2, 0) is 4.79 Å². The van der Waals surface area contributed by atoms with Gasteiger partial charge in [-0.3, -0.25) is 4.79 Å². The highest BCUT2D eigenvalue weighted by Crippen LogP contribution is 2.28. The molecule has 26 heavy (non-hydrogen) atoms. The standard InChI is InChI=1S/C21H21BrN2O2/c1-14-11-16(22)7-9-19(14)20-10-8-18(26-20)12-15(13-23)21(25)24-17-5-3-2-4-6-17/h7-12,17H,2-6H2,1H3,(H,24,25)/b15-12-. The van der Waals surface area contributed by atoms with Gasteiger partial charge in [-0.2, -0.15) is 5.26 Å². The molecule has 1 amide bonds. The molecule has 0 atom stereocenters. The van der Waals surface area contributed by atoms with Crippen molar-refractivity contribution < 1.29 is 9.21 Å². The lowest BCUT2D eigenvalue weighted by molar-refractivity contribution is -0.117. The van der Waals surface area contributed by atoms with Crippen LogP contribution in [0.1, 0.15) is 43.4 Å². The molecule has 134 valence electrons. The predicted octanol–water partition coefficient (Wildman–Crippen LogP) is 5.37. The summed E-state index contributed by atoms with van der Waals surface area (Å²) in [5.41, 5.74) is 2.14. The topological polar surface area (TPSA) is 66.0 Å². The number of amides is 1. The van der Waals surface area contributed by atoms with Crippen molar-refractivity contribution in [1.82, 2.24) is 5.32 Å². The van der Waals surface area contributed by atoms with E-state index in [1.54, 1.807) is 6.07 Å². The molecular weight excluding hydrogens is 392 g/mol. The van der Waals surface area contributed by atoms with E-state index >= 15 is 0 Å². The highest BCUT2D eigenvalue weighted by Gasteiger charge is 2.18. The molecule has 1 aromatic heterocycles. The molecule has 0 spiro atoms. The van der Waals surface area contributed by atoms with E-state index in [9.17, 15) is 10.1 Å². The molecule has 2 aromatic rings. The average molecular weight is 413 g/mol. The molecule has 0 saturated heterocycles. The molecular formula is C21H21BrN2O2. The Balaban J connectivity index is 1.76. The first-order chi connectivity index (χ1) is 12.6. The Labute approximate surface area is 162 Å². The fraction of sp³-hybridized carbons (Fsp3) is 0.333. The third kappa shape index (κ3) is 4.44. The first-order valence-corrected chi connectivity index (χ1v) is 9.65. The Morgan fingerprint density at radius 1 is 1.27 bits per heavy atom. The number of halogens is 1. The summed E-state index contributed by atoms with van der Waals surface area (Å²) in [6.07, 6.45) is 6.96. The van der Waals surface area contributed by atoms with Crippen molar-refractivity contribution >= 4 is 27.9 Å². The van der Waals surface area contributed by atoms with Crippen LogP contribution in [0.3, 0.4) is 0 Å². The van der Waals surface area contributed by atoms with Crippen LogP contribution in [0.5, 0.6) is 0 Å². The number of aryl methyl sites for hydroxylation is 1. The first-order valence-electron chi connectivity index (χ1n) is 8.86. The van der Waals surface area contributed by atoms with Gasteiger partial charge in [-0.15, -0.1) is 0 Å². The number of hydrogen-bond acceptors (Lipinski definition) is 3. The van der Waals surface area contributed by atoms with E-state index in [0.717, 1.165) is 41.3 Å². The lowest BCUT2D eigenvalue weighted by atomic mass is 9.95. The van der Waals surface area contributed by atoms with Gasteiger partial charge in [0.25, 0.3) is 5.91 Å². The van der Waals surface area contributed by atoms with Crippen molar-refractivity contribution in [2.45, 2.75) is 45.1 Å². The van der Waals surface area contributed by atoms with Crippen LogP contribution in [0, 0.1) is 18.3 Å². The molecule has 1 aromatic carbocycles. The summed E-state index contributed by atoms with van der Waals surface area (Å²) in [5.74, 6) is 0.890. The summed E-state index contributed by atoms with van der Waals surface area (Å²) in [6, 6.07) is 11.8. The molecule has 1 heterocycles. The third-order valence-electron chi connectivity index (χ3n) is 4.67. The number of hydrogen-bond donors (Lipinski definition) is 1. The van der Waals surface area contributed by atoms with Crippen molar-refractivity contribution in [2.75, 3.05) is 0 Å². The van der Waals surface area contributed by atoms with Crippen molar-refractivity contribution in [2.24, 2.45) is 0 Å². The molecule has 1 aliphatic rings. The molecule has 0 radical (unpaired) electrons. The quantitative estimate of drug-likeness (QED) is 0.541. The lowest BCUT2D eigenvalue weighted by Crippen LogP contribution is -2.36. The smallest absolute Gasteiger partial charge is 0.262 e. The number of nitrogens with one attached hydrogen (secondary N) is 1. The second kappa shape index (κ2) is 8.37. The van der Waals surface area contributed by atoms with E-state index in [2.05, 4.69) is 21.2 Å². The number of nitriles is 1. The molecule has 0 aliphatic heterocycles. The number of carbonyl (C=O) groups is 1. The van der Waals surface area contributed by atoms with Crippen LogP contribution in [0.4, 0.5) is 0 Å². The van der Waals surface area contributed by atoms with Gasteiger partial charge in [0.2, 0.25) is 0 Å². The van der Waals surface area contributed by atoms with Crippen LogP contribution in [0.15, 0.2) is 44.8 Å². The number of furan rings is 1. The zero-order valence-electron chi connectivity index (χ0n) is 14.7. The summed E-state index contributed by atoms with van der Waals surface area (Å²) < 4.78 is 6.85. The van der Waals surface area contributed by atoms with Crippen molar-refractivity contribution in [1.29, 1.82) is 5.26 Å². The molecule has 1 saturated carbocycles. The summed E-state index contributed by atoms with van der Waals surface area (Å²) in [7, 11) is 0. The zero-order valence-corrected chi connectivity index (χ0v) is 16.3. The van der Waals surface area contributed by atoms with Crippen LogP contribution < -0.4 is 5.32 Å². The normalized spacial score (nSPS) is 15.5. The fourth-order valence-electron chi connectivity index (χ4n) is 3.28. The Hall–Kier alpha value is -2.32. The third-order valence-corrected chi connectivity index (χ3v) is 5.17. The number of benzene rings is 1. The van der Waals surface area contributed by atoms with Gasteiger partial charge in [0.05, 0.1) is 0 Å². The summed E-state index contributed by atoms with van der Waals surface area (Å²) in [4.78, 5) is 12.4. The van der Waals surface area contributed by atoms with Gasteiger partial charge in [0, 0.05) is 22.2 Å². The number of nitrogens with zero attached hydrogens (tertiary/aromatic N) is 1. The van der Waals surface area contributed by atoms with E-state index in [1.165, 1.54) is 12.5 Å². The van der Waals surface area contributed by atoms with Gasteiger partial charge in [0.15, 0.2) is 0 Å². The largest absolute Gasteiger partial charge is 0.457 e. The van der Waals surface area contributed by atoms with Gasteiger partial charge >= 0.3 is 0 Å². The van der Waals surface area contributed by atoms with Crippen molar-refractivity contribution in [3.8, 4) is 17.4 Å². The average Bonchev–Trinajstić information content (AvgIpc) is 3.08. The van der Waals surface area contributed by atoms with E-state index in [-0.39, 0.29) is 17.5 Å². The Kier molecular flexibility index (Phi) is 5.95. The summed E-state index contributed by atoms with van der Waals surface area (Å²) in [6.45, 7) is 2.01. The Morgan fingerprint density at radius 3 is 2.73 bits per heavy atom. The molecule has 0 bridgehead atoms. The fourth-order valence-corrected chi connectivity index (χ4v) is 3.76. The second-order valence-electron chi connectivity index (χ2n) is 6.64. The maximum Gasteiger partial charge on any atom is 0.262 e. The van der Waals surface area contributed by atoms with E-state index < -0.39 is 0 Å². The lowest BCUT2D eigenvalue weighted by Gasteiger charge is -2.22. The van der Waals surface area contributed by atoms with Gasteiger partial charge < -0.3 is 9.73 Å². The van der Waals surface area contributed by atoms with E-state index in [0.29, 0.717) is 11.5 Å². The van der Waals surface area contributed by atoms with E-state index in [1.807, 2.05) is 37.3 Å². The van der Waals surface area contributed by atoms with E-state index in [4.69, 9.17) is 4.42 Å². The zero-order chi connectivity index (χ0) is 18.5. The van der Waals surface area contributed by atoms with Crippen molar-refractivity contribution in [3.05, 3.63) is 51.7 Å². The molecule has 5 heteroatoms. The van der Waals surface area contributed by atoms with Crippen molar-refractivity contribution in [3.63, 3.8) is 0 Å². The summed E-state index contributed by atoms with van der Waals surface area (Å²) in [5, 5.41) is 12.3. The van der Waals surface area contributed by atoms with Crippen LogP contribution in [-0.4, -0.2) is 11.9 Å². The van der Waals surface area contributed by atoms with Gasteiger partial charge in [-0.25, -0.2) is 0 Å². The molecule has 0 unspecified atom stereocenters. The number of rotatable bonds is 4. The minimum absolute atomic E-state index is 0.0731. The molecule has 1 fully saturated rings. The van der Waals surface area contributed by atoms with Gasteiger partial charge in [-0.05, 0) is 55.7 Å². The second-order valence-corrected chi connectivity index (χ2v) is 7.56. The minimum atomic E-state index is -0.322. The predicted molar refractivity (Wildman–Crippen MR) is 105 cm³/mol. The Bertz CT molecular complexity index is 870. The maximum atomic E-state index is 12.4. The van der Waals surface area contributed by atoms with Crippen LogP contribution in [0.2, 0.25) is 0 Å². The maximum absolute atomic E-state index is 12.4. The highest BCUT2D eigenvalue weighted by atomic mass is 79.9. The summed E-state index contributed by atoms with van der Waals surface area (Å²) >= 11 is 3.45. The molecule has 1 aliphatic carbocycles. The van der Waals surface area contributed by atoms with Crippen LogP contribution >= 0.6 is 15.9 Å². The monoisotopic (exact) mass is 412 g/mol. The SMILES string of the molecule is Cc1cc(Br)ccc1-c1ccc(/C=C(/C#N)C(=O)NC2CCCCC2)o1. The molecule has 1 N–H and O–H groups in total. The van der Waals surface area contributed by atoms with Gasteiger partial charge in [0.1, 0.15) is 23.2 Å². The van der Waals surface area contributed by atoms with Gasteiger partial charge in [-0.1, -0.05) is 35.2 Å². The van der Waals surface area contributed by atoms with Crippen LogP contribution in [0.25, 0.3) is 17.4 Å².